The molecule has 22 heavy (non-hydrogen) atoms. The third-order valence-corrected chi connectivity index (χ3v) is 3.21. The average Bonchev–Trinajstić information content (AvgIpc) is 2.86. The predicted octanol–water partition coefficient (Wildman–Crippen LogP) is 3.73. The van der Waals surface area contributed by atoms with Gasteiger partial charge in [0.1, 0.15) is 5.69 Å². The summed E-state index contributed by atoms with van der Waals surface area (Å²) < 4.78 is 46.4. The Morgan fingerprint density at radius 1 is 1.14 bits per heavy atom. The van der Waals surface area contributed by atoms with Crippen molar-refractivity contribution in [3.05, 3.63) is 47.8 Å². The summed E-state index contributed by atoms with van der Waals surface area (Å²) in [5, 5.41) is 4.17. The second kappa shape index (κ2) is 5.01. The van der Waals surface area contributed by atoms with Gasteiger partial charge in [-0.2, -0.15) is 18.3 Å². The van der Waals surface area contributed by atoms with Crippen molar-refractivity contribution in [2.24, 2.45) is 0 Å². The molecule has 0 amide bonds. The number of methoxy groups -OCH3 is 1. The molecule has 2 aromatic heterocycles. The van der Waals surface area contributed by atoms with Gasteiger partial charge >= 0.3 is 6.18 Å². The first-order chi connectivity index (χ1) is 10.4. The quantitative estimate of drug-likeness (QED) is 0.724. The monoisotopic (exact) mass is 307 g/mol. The molecule has 7 heteroatoms. The molecule has 3 aromatic rings. The number of nitrogens with zero attached hydrogens (tertiary/aromatic N) is 3. The Hall–Kier alpha value is -2.57. The molecule has 0 aliphatic heterocycles. The number of aromatic nitrogens is 3. The zero-order valence-corrected chi connectivity index (χ0v) is 11.8. The maximum absolute atomic E-state index is 13.4. The highest BCUT2D eigenvalue weighted by Gasteiger charge is 2.39. The Morgan fingerprint density at radius 2 is 1.82 bits per heavy atom. The van der Waals surface area contributed by atoms with Crippen molar-refractivity contribution < 1.29 is 17.9 Å². The third-order valence-electron chi connectivity index (χ3n) is 3.21. The smallest absolute Gasteiger partial charge is 0.435 e. The first-order valence-electron chi connectivity index (χ1n) is 6.49. The highest BCUT2D eigenvalue weighted by molar-refractivity contribution is 5.70. The van der Waals surface area contributed by atoms with E-state index in [1.54, 1.807) is 43.3 Å². The Labute approximate surface area is 124 Å². The molecule has 0 aliphatic carbocycles. The average molecular weight is 307 g/mol. The molecule has 0 radical (unpaired) electrons. The number of hydrogen-bond donors (Lipinski definition) is 0. The van der Waals surface area contributed by atoms with Crippen LogP contribution in [0, 0.1) is 6.92 Å². The molecule has 0 N–H and O–H groups in total. The van der Waals surface area contributed by atoms with Crippen LogP contribution in [0.25, 0.3) is 16.9 Å². The second-order valence-corrected chi connectivity index (χ2v) is 4.76. The van der Waals surface area contributed by atoms with E-state index < -0.39 is 11.9 Å². The number of benzene rings is 1. The maximum Gasteiger partial charge on any atom is 0.435 e. The fourth-order valence-electron chi connectivity index (χ4n) is 2.31. The molecule has 0 unspecified atom stereocenters. The van der Waals surface area contributed by atoms with E-state index in [0.29, 0.717) is 11.3 Å². The van der Waals surface area contributed by atoms with Crippen molar-refractivity contribution in [3.8, 4) is 17.0 Å². The summed E-state index contributed by atoms with van der Waals surface area (Å²) in [7, 11) is 1.39. The summed E-state index contributed by atoms with van der Waals surface area (Å²) in [6.45, 7) is 1.68. The molecule has 0 bridgehead atoms. The van der Waals surface area contributed by atoms with Crippen LogP contribution in [0.3, 0.4) is 0 Å². The van der Waals surface area contributed by atoms with E-state index in [4.69, 9.17) is 4.74 Å². The molecule has 3 rings (SSSR count). The van der Waals surface area contributed by atoms with Gasteiger partial charge in [-0.15, -0.1) is 0 Å². The van der Waals surface area contributed by atoms with E-state index in [0.717, 1.165) is 0 Å². The molecule has 0 spiro atoms. The third kappa shape index (κ3) is 2.28. The fourth-order valence-corrected chi connectivity index (χ4v) is 2.31. The zero-order valence-electron chi connectivity index (χ0n) is 11.8. The summed E-state index contributed by atoms with van der Waals surface area (Å²) in [4.78, 5) is 3.72. The molecule has 2 heterocycles. The van der Waals surface area contributed by atoms with Crippen LogP contribution in [-0.2, 0) is 6.18 Å². The van der Waals surface area contributed by atoms with E-state index >= 15 is 0 Å². The molecular weight excluding hydrogens is 295 g/mol. The molecular formula is C15H12F3N3O. The molecule has 0 saturated carbocycles. The fraction of sp³-hybridized carbons (Fsp3) is 0.200. The van der Waals surface area contributed by atoms with Crippen molar-refractivity contribution in [1.29, 1.82) is 0 Å². The minimum atomic E-state index is -4.59. The highest BCUT2D eigenvalue weighted by Crippen LogP contribution is 2.38. The van der Waals surface area contributed by atoms with Gasteiger partial charge in [0, 0.05) is 11.6 Å². The van der Waals surface area contributed by atoms with Crippen LogP contribution in [-0.4, -0.2) is 21.7 Å². The molecule has 1 aromatic carbocycles. The van der Waals surface area contributed by atoms with Gasteiger partial charge in [-0.25, -0.2) is 9.50 Å². The molecule has 0 fully saturated rings. The molecule has 0 atom stereocenters. The van der Waals surface area contributed by atoms with E-state index in [2.05, 4.69) is 10.1 Å². The molecule has 114 valence electrons. The van der Waals surface area contributed by atoms with Crippen LogP contribution >= 0.6 is 0 Å². The van der Waals surface area contributed by atoms with Crippen molar-refractivity contribution in [1.82, 2.24) is 14.6 Å². The molecule has 4 nitrogen and oxygen atoms in total. The zero-order chi connectivity index (χ0) is 15.9. The van der Waals surface area contributed by atoms with Gasteiger partial charge < -0.3 is 4.74 Å². The Bertz CT molecular complexity index is 825. The summed E-state index contributed by atoms with van der Waals surface area (Å²) in [5.41, 5.74) is -0.102. The Kier molecular flexibility index (Phi) is 3.27. The van der Waals surface area contributed by atoms with Gasteiger partial charge in [0.25, 0.3) is 0 Å². The molecule has 0 saturated heterocycles. The summed E-state index contributed by atoms with van der Waals surface area (Å²) in [6.07, 6.45) is -4.59. The first-order valence-corrected chi connectivity index (χ1v) is 6.49. The van der Waals surface area contributed by atoms with E-state index in [9.17, 15) is 13.2 Å². The minimum Gasteiger partial charge on any atom is -0.493 e. The first kappa shape index (κ1) is 14.4. The van der Waals surface area contributed by atoms with Crippen LogP contribution < -0.4 is 4.74 Å². The van der Waals surface area contributed by atoms with Crippen LogP contribution in [0.15, 0.2) is 36.4 Å². The summed E-state index contributed by atoms with van der Waals surface area (Å²) in [6, 6.07) is 9.81. The van der Waals surface area contributed by atoms with Gasteiger partial charge in [-0.05, 0) is 6.92 Å². The lowest BCUT2D eigenvalue weighted by Crippen LogP contribution is -2.08. The van der Waals surface area contributed by atoms with Crippen molar-refractivity contribution in [3.63, 3.8) is 0 Å². The number of aryl methyl sites for hydroxylation is 1. The summed E-state index contributed by atoms with van der Waals surface area (Å²) in [5.74, 6) is 0.250. The highest BCUT2D eigenvalue weighted by atomic mass is 19.4. The number of fused-ring (bicyclic) bond motifs is 1. The van der Waals surface area contributed by atoms with Crippen LogP contribution in [0.2, 0.25) is 0 Å². The lowest BCUT2D eigenvalue weighted by Gasteiger charge is -2.08. The lowest BCUT2D eigenvalue weighted by molar-refractivity contribution is -0.140. The van der Waals surface area contributed by atoms with Crippen LogP contribution in [0.1, 0.15) is 11.4 Å². The number of rotatable bonds is 2. The van der Waals surface area contributed by atoms with Crippen molar-refractivity contribution in [2.75, 3.05) is 7.11 Å². The van der Waals surface area contributed by atoms with Gasteiger partial charge in [0.15, 0.2) is 17.1 Å². The van der Waals surface area contributed by atoms with Crippen molar-refractivity contribution >= 4 is 5.65 Å². The van der Waals surface area contributed by atoms with E-state index in [1.807, 2.05) is 0 Å². The Balaban J connectivity index is 2.44. The summed E-state index contributed by atoms with van der Waals surface area (Å²) >= 11 is 0. The van der Waals surface area contributed by atoms with Gasteiger partial charge in [-0.3, -0.25) is 0 Å². The number of ether oxygens (including phenoxy) is 1. The van der Waals surface area contributed by atoms with E-state index in [1.165, 1.54) is 11.6 Å². The number of imidazole rings is 1. The minimum absolute atomic E-state index is 0.0410. The largest absolute Gasteiger partial charge is 0.493 e. The normalized spacial score (nSPS) is 11.9. The number of halogens is 3. The molecule has 0 aliphatic rings. The number of hydrogen-bond acceptors (Lipinski definition) is 3. The van der Waals surface area contributed by atoms with Crippen LogP contribution in [0.4, 0.5) is 13.2 Å². The maximum atomic E-state index is 13.4. The van der Waals surface area contributed by atoms with Crippen molar-refractivity contribution in [2.45, 2.75) is 13.1 Å². The standard InChI is InChI=1S/C15H12F3N3O/c1-9-8-11(22-2)14-19-13(15(16,17)18)12(21(14)20-9)10-6-4-3-5-7-10/h3-8H,1-2H3. The predicted molar refractivity (Wildman–Crippen MR) is 74.7 cm³/mol. The van der Waals surface area contributed by atoms with Gasteiger partial charge in [-0.1, -0.05) is 30.3 Å². The van der Waals surface area contributed by atoms with Gasteiger partial charge in [0.2, 0.25) is 0 Å². The Morgan fingerprint density at radius 3 is 2.41 bits per heavy atom. The number of alkyl halides is 3. The van der Waals surface area contributed by atoms with Gasteiger partial charge in [0.05, 0.1) is 12.8 Å². The lowest BCUT2D eigenvalue weighted by atomic mass is 10.1. The second-order valence-electron chi connectivity index (χ2n) is 4.76. The topological polar surface area (TPSA) is 39.4 Å². The SMILES string of the molecule is COc1cc(C)nn2c(-c3ccccc3)c(C(F)(F)F)nc12. The van der Waals surface area contributed by atoms with Crippen LogP contribution in [0.5, 0.6) is 5.75 Å². The van der Waals surface area contributed by atoms with E-state index in [-0.39, 0.29) is 17.1 Å².